The van der Waals surface area contributed by atoms with Crippen molar-refractivity contribution in [3.8, 4) is 0 Å². The average molecular weight is 204 g/mol. The van der Waals surface area contributed by atoms with Crippen LogP contribution in [0.3, 0.4) is 0 Å². The molecule has 3 saturated carbocycles. The molecule has 0 heteroatoms. The van der Waals surface area contributed by atoms with Gasteiger partial charge in [0.25, 0.3) is 0 Å². The third-order valence-corrected chi connectivity index (χ3v) is 6.51. The van der Waals surface area contributed by atoms with Crippen LogP contribution in [0.2, 0.25) is 0 Å². The number of hydrogen-bond donors (Lipinski definition) is 0. The molecule has 15 heavy (non-hydrogen) atoms. The number of rotatable bonds is 0. The number of allylic oxidation sites excluding steroid dienone is 1. The van der Waals surface area contributed by atoms with Gasteiger partial charge in [0.15, 0.2) is 0 Å². The lowest BCUT2D eigenvalue weighted by Crippen LogP contribution is -2.45. The summed E-state index contributed by atoms with van der Waals surface area (Å²) in [7, 11) is 0. The molecule has 0 radical (unpaired) electrons. The minimum Gasteiger partial charge on any atom is -0.0990 e. The molecule has 4 bridgehead atoms. The van der Waals surface area contributed by atoms with Crippen LogP contribution < -0.4 is 0 Å². The zero-order chi connectivity index (χ0) is 10.8. The van der Waals surface area contributed by atoms with E-state index in [9.17, 15) is 0 Å². The van der Waals surface area contributed by atoms with Crippen molar-refractivity contribution in [1.29, 1.82) is 0 Å². The van der Waals surface area contributed by atoms with E-state index in [4.69, 9.17) is 0 Å². The van der Waals surface area contributed by atoms with Crippen LogP contribution in [0, 0.1) is 28.6 Å². The molecule has 0 aliphatic heterocycles. The molecule has 0 amide bonds. The minimum absolute atomic E-state index is 0.478. The molecule has 3 rings (SSSR count). The summed E-state index contributed by atoms with van der Waals surface area (Å²) in [5, 5.41) is 0. The van der Waals surface area contributed by atoms with E-state index in [1.807, 2.05) is 0 Å². The SMILES string of the molecule is C=C1C2CCCC3(C)C2C(C)CCC13C. The first-order valence-corrected chi connectivity index (χ1v) is 6.70. The third-order valence-electron chi connectivity index (χ3n) is 6.51. The zero-order valence-corrected chi connectivity index (χ0v) is 10.5. The Morgan fingerprint density at radius 2 is 1.93 bits per heavy atom. The smallest absolute Gasteiger partial charge is 0.00594 e. The summed E-state index contributed by atoms with van der Waals surface area (Å²) in [5.74, 6) is 2.76. The van der Waals surface area contributed by atoms with Gasteiger partial charge >= 0.3 is 0 Å². The third kappa shape index (κ3) is 0.905. The Morgan fingerprint density at radius 1 is 1.20 bits per heavy atom. The van der Waals surface area contributed by atoms with Gasteiger partial charge in [-0.05, 0) is 54.3 Å². The van der Waals surface area contributed by atoms with Crippen LogP contribution in [0.4, 0.5) is 0 Å². The van der Waals surface area contributed by atoms with Gasteiger partial charge in [-0.3, -0.25) is 0 Å². The van der Waals surface area contributed by atoms with Crippen molar-refractivity contribution in [2.24, 2.45) is 28.6 Å². The van der Waals surface area contributed by atoms with Crippen LogP contribution >= 0.6 is 0 Å². The molecule has 5 unspecified atom stereocenters. The Bertz CT molecular complexity index is 316. The summed E-state index contributed by atoms with van der Waals surface area (Å²) < 4.78 is 0. The predicted molar refractivity (Wildman–Crippen MR) is 64.6 cm³/mol. The summed E-state index contributed by atoms with van der Waals surface area (Å²) in [6, 6.07) is 0. The first kappa shape index (κ1) is 9.93. The van der Waals surface area contributed by atoms with E-state index < -0.39 is 0 Å². The Morgan fingerprint density at radius 3 is 2.60 bits per heavy atom. The largest absolute Gasteiger partial charge is 0.0990 e. The van der Waals surface area contributed by atoms with Gasteiger partial charge in [0.2, 0.25) is 0 Å². The van der Waals surface area contributed by atoms with E-state index in [-0.39, 0.29) is 0 Å². The van der Waals surface area contributed by atoms with Crippen molar-refractivity contribution in [3.63, 3.8) is 0 Å². The molecular weight excluding hydrogens is 180 g/mol. The first-order chi connectivity index (χ1) is 7.01. The maximum Gasteiger partial charge on any atom is -0.00594 e. The van der Waals surface area contributed by atoms with Crippen molar-refractivity contribution in [2.75, 3.05) is 0 Å². The minimum atomic E-state index is 0.478. The Labute approximate surface area is 94.1 Å². The molecule has 5 atom stereocenters. The summed E-state index contributed by atoms with van der Waals surface area (Å²) in [6.07, 6.45) is 7.16. The average Bonchev–Trinajstić information content (AvgIpc) is 2.30. The predicted octanol–water partition coefficient (Wildman–Crippen LogP) is 4.42. The molecule has 0 N–H and O–H groups in total. The van der Waals surface area contributed by atoms with Crippen molar-refractivity contribution in [3.05, 3.63) is 12.2 Å². The standard InChI is InChI=1S/C15H24/c1-10-7-9-14(3)11(2)12-6-5-8-15(14,4)13(10)12/h10,12-13H,2,5-9H2,1,3-4H3. The van der Waals surface area contributed by atoms with Gasteiger partial charge in [0.05, 0.1) is 0 Å². The highest BCUT2D eigenvalue weighted by atomic mass is 14.7. The maximum atomic E-state index is 4.49. The van der Waals surface area contributed by atoms with E-state index >= 15 is 0 Å². The van der Waals surface area contributed by atoms with Crippen molar-refractivity contribution >= 4 is 0 Å². The van der Waals surface area contributed by atoms with Crippen LogP contribution in [0.5, 0.6) is 0 Å². The summed E-state index contributed by atoms with van der Waals surface area (Å²) in [4.78, 5) is 0. The second-order valence-electron chi connectivity index (χ2n) is 6.82. The molecule has 3 aliphatic carbocycles. The van der Waals surface area contributed by atoms with Gasteiger partial charge < -0.3 is 0 Å². The van der Waals surface area contributed by atoms with Gasteiger partial charge in [-0.2, -0.15) is 0 Å². The summed E-state index contributed by atoms with van der Waals surface area (Å²) >= 11 is 0. The van der Waals surface area contributed by atoms with Crippen molar-refractivity contribution in [2.45, 2.75) is 52.9 Å². The molecule has 0 nitrogen and oxygen atoms in total. The lowest BCUT2D eigenvalue weighted by Gasteiger charge is -2.52. The maximum absolute atomic E-state index is 4.49. The second kappa shape index (κ2) is 2.70. The molecule has 0 aromatic carbocycles. The molecule has 3 aliphatic rings. The Kier molecular flexibility index (Phi) is 1.79. The fourth-order valence-electron chi connectivity index (χ4n) is 5.46. The highest BCUT2D eigenvalue weighted by Gasteiger charge is 2.65. The lowest BCUT2D eigenvalue weighted by molar-refractivity contribution is -0.0339. The highest BCUT2D eigenvalue weighted by Crippen LogP contribution is 2.73. The fourth-order valence-corrected chi connectivity index (χ4v) is 5.46. The van der Waals surface area contributed by atoms with E-state index in [2.05, 4.69) is 27.4 Å². The summed E-state index contributed by atoms with van der Waals surface area (Å²) in [5.41, 5.74) is 2.69. The molecular formula is C15H24. The quantitative estimate of drug-likeness (QED) is 0.513. The van der Waals surface area contributed by atoms with Crippen LogP contribution in [0.15, 0.2) is 12.2 Å². The van der Waals surface area contributed by atoms with Gasteiger partial charge in [-0.25, -0.2) is 0 Å². The van der Waals surface area contributed by atoms with Gasteiger partial charge in [-0.15, -0.1) is 0 Å². The molecule has 3 fully saturated rings. The van der Waals surface area contributed by atoms with Gasteiger partial charge in [0, 0.05) is 0 Å². The van der Waals surface area contributed by atoms with Crippen molar-refractivity contribution < 1.29 is 0 Å². The van der Waals surface area contributed by atoms with E-state index in [0.717, 1.165) is 17.8 Å². The molecule has 0 aromatic heterocycles. The van der Waals surface area contributed by atoms with Gasteiger partial charge in [0.1, 0.15) is 0 Å². The van der Waals surface area contributed by atoms with E-state index in [0.29, 0.717) is 10.8 Å². The van der Waals surface area contributed by atoms with Crippen LogP contribution in [-0.2, 0) is 0 Å². The molecule has 84 valence electrons. The molecule has 0 aromatic rings. The van der Waals surface area contributed by atoms with E-state index in [1.54, 1.807) is 5.57 Å². The normalized spacial score (nSPS) is 58.3. The molecule has 0 saturated heterocycles. The second-order valence-corrected chi connectivity index (χ2v) is 6.82. The Balaban J connectivity index is 2.16. The fraction of sp³-hybridized carbons (Fsp3) is 0.867. The summed E-state index contributed by atoms with van der Waals surface area (Å²) in [6.45, 7) is 12.1. The lowest BCUT2D eigenvalue weighted by atomic mass is 9.52. The molecule has 0 spiro atoms. The monoisotopic (exact) mass is 204 g/mol. The first-order valence-electron chi connectivity index (χ1n) is 6.70. The van der Waals surface area contributed by atoms with Crippen LogP contribution in [0.1, 0.15) is 52.9 Å². The van der Waals surface area contributed by atoms with E-state index in [1.165, 1.54) is 32.1 Å². The van der Waals surface area contributed by atoms with Crippen LogP contribution in [0.25, 0.3) is 0 Å². The molecule has 0 heterocycles. The zero-order valence-electron chi connectivity index (χ0n) is 10.5. The number of hydrogen-bond acceptors (Lipinski definition) is 0. The topological polar surface area (TPSA) is 0 Å². The van der Waals surface area contributed by atoms with Gasteiger partial charge in [-0.1, -0.05) is 39.3 Å². The highest BCUT2D eigenvalue weighted by molar-refractivity contribution is 5.31. The Hall–Kier alpha value is -0.260. The van der Waals surface area contributed by atoms with Crippen LogP contribution in [-0.4, -0.2) is 0 Å². The van der Waals surface area contributed by atoms with Crippen molar-refractivity contribution in [1.82, 2.24) is 0 Å².